The van der Waals surface area contributed by atoms with Crippen LogP contribution in [0.1, 0.15) is 47.0 Å². The summed E-state index contributed by atoms with van der Waals surface area (Å²) in [6.45, 7) is 8.47. The van der Waals surface area contributed by atoms with Crippen molar-refractivity contribution in [1.82, 2.24) is 10.2 Å². The van der Waals surface area contributed by atoms with E-state index in [-0.39, 0.29) is 30.4 Å². The standard InChI is InChI=1S/C13H24N2O2/c1-5-10(6-2)15-8-12(16)14-11(13(15)17)7-9(3)4/h9-11H,5-8H2,1-4H3,(H,14,16). The molecule has 1 unspecified atom stereocenters. The lowest BCUT2D eigenvalue weighted by Crippen LogP contribution is -2.60. The van der Waals surface area contributed by atoms with E-state index in [0.29, 0.717) is 5.92 Å². The van der Waals surface area contributed by atoms with E-state index in [1.807, 2.05) is 0 Å². The predicted octanol–water partition coefficient (Wildman–Crippen LogP) is 1.55. The summed E-state index contributed by atoms with van der Waals surface area (Å²) >= 11 is 0. The van der Waals surface area contributed by atoms with Gasteiger partial charge >= 0.3 is 0 Å². The Morgan fingerprint density at radius 2 is 1.88 bits per heavy atom. The van der Waals surface area contributed by atoms with Crippen LogP contribution in [-0.4, -0.2) is 35.3 Å². The molecule has 1 fully saturated rings. The summed E-state index contributed by atoms with van der Waals surface area (Å²) in [5.41, 5.74) is 0. The first kappa shape index (κ1) is 14.0. The fraction of sp³-hybridized carbons (Fsp3) is 0.846. The molecule has 1 atom stereocenters. The monoisotopic (exact) mass is 240 g/mol. The van der Waals surface area contributed by atoms with Crippen LogP contribution >= 0.6 is 0 Å². The summed E-state index contributed by atoms with van der Waals surface area (Å²) in [5.74, 6) is 0.472. The average Bonchev–Trinajstić information content (AvgIpc) is 2.25. The van der Waals surface area contributed by atoms with Crippen molar-refractivity contribution in [2.24, 2.45) is 5.92 Å². The molecule has 0 bridgehead atoms. The second kappa shape index (κ2) is 6.03. The first-order valence-corrected chi connectivity index (χ1v) is 6.59. The number of hydrogen-bond donors (Lipinski definition) is 1. The lowest BCUT2D eigenvalue weighted by atomic mass is 9.99. The largest absolute Gasteiger partial charge is 0.343 e. The van der Waals surface area contributed by atoms with Crippen LogP contribution in [-0.2, 0) is 9.59 Å². The number of nitrogens with one attached hydrogen (secondary N) is 1. The molecule has 0 aromatic heterocycles. The smallest absolute Gasteiger partial charge is 0.245 e. The Morgan fingerprint density at radius 3 is 2.35 bits per heavy atom. The molecular weight excluding hydrogens is 216 g/mol. The highest BCUT2D eigenvalue weighted by Gasteiger charge is 2.35. The number of carbonyl (C=O) groups excluding carboxylic acids is 2. The molecule has 2 amide bonds. The summed E-state index contributed by atoms with van der Waals surface area (Å²) in [4.78, 5) is 25.7. The molecule has 1 aliphatic rings. The number of rotatable bonds is 5. The number of hydrogen-bond acceptors (Lipinski definition) is 2. The van der Waals surface area contributed by atoms with Gasteiger partial charge in [-0.3, -0.25) is 9.59 Å². The van der Waals surface area contributed by atoms with Gasteiger partial charge in [-0.1, -0.05) is 27.7 Å². The van der Waals surface area contributed by atoms with Crippen molar-refractivity contribution in [1.29, 1.82) is 0 Å². The van der Waals surface area contributed by atoms with E-state index in [0.717, 1.165) is 19.3 Å². The molecule has 1 saturated heterocycles. The summed E-state index contributed by atoms with van der Waals surface area (Å²) < 4.78 is 0. The number of amides is 2. The third-order valence-corrected chi connectivity index (χ3v) is 3.32. The van der Waals surface area contributed by atoms with Crippen LogP contribution in [0.25, 0.3) is 0 Å². The Kier molecular flexibility index (Phi) is 4.97. The summed E-state index contributed by atoms with van der Waals surface area (Å²) in [6.07, 6.45) is 2.54. The molecule has 1 N–H and O–H groups in total. The normalized spacial score (nSPS) is 21.3. The van der Waals surface area contributed by atoms with Crippen LogP contribution in [0.2, 0.25) is 0 Å². The minimum absolute atomic E-state index is 0.0258. The van der Waals surface area contributed by atoms with E-state index in [4.69, 9.17) is 0 Å². The van der Waals surface area contributed by atoms with Crippen LogP contribution in [0.5, 0.6) is 0 Å². The van der Waals surface area contributed by atoms with Gasteiger partial charge in [-0.15, -0.1) is 0 Å². The van der Waals surface area contributed by atoms with Gasteiger partial charge in [0.05, 0.1) is 6.54 Å². The van der Waals surface area contributed by atoms with E-state index in [2.05, 4.69) is 33.0 Å². The van der Waals surface area contributed by atoms with Gasteiger partial charge in [-0.05, 0) is 25.2 Å². The van der Waals surface area contributed by atoms with E-state index in [1.165, 1.54) is 0 Å². The zero-order valence-electron chi connectivity index (χ0n) is 11.3. The highest BCUT2D eigenvalue weighted by Crippen LogP contribution is 2.17. The zero-order valence-corrected chi connectivity index (χ0v) is 11.3. The van der Waals surface area contributed by atoms with Gasteiger partial charge in [0, 0.05) is 6.04 Å². The minimum atomic E-state index is -0.322. The molecule has 1 aliphatic heterocycles. The van der Waals surface area contributed by atoms with Crippen molar-refractivity contribution >= 4 is 11.8 Å². The van der Waals surface area contributed by atoms with Gasteiger partial charge < -0.3 is 10.2 Å². The second-order valence-corrected chi connectivity index (χ2v) is 5.19. The minimum Gasteiger partial charge on any atom is -0.343 e. The third-order valence-electron chi connectivity index (χ3n) is 3.32. The highest BCUT2D eigenvalue weighted by molar-refractivity contribution is 5.95. The van der Waals surface area contributed by atoms with E-state index >= 15 is 0 Å². The fourth-order valence-electron chi connectivity index (χ4n) is 2.40. The summed E-state index contributed by atoms with van der Waals surface area (Å²) in [6, 6.07) is -0.125. The Bertz CT molecular complexity index is 285. The topological polar surface area (TPSA) is 49.4 Å². The van der Waals surface area contributed by atoms with Crippen molar-refractivity contribution in [2.45, 2.75) is 59.0 Å². The molecule has 0 radical (unpaired) electrons. The summed E-state index contributed by atoms with van der Waals surface area (Å²) in [5, 5.41) is 2.80. The molecule has 4 heteroatoms. The quantitative estimate of drug-likeness (QED) is 0.792. The fourth-order valence-corrected chi connectivity index (χ4v) is 2.40. The number of carbonyl (C=O) groups is 2. The van der Waals surface area contributed by atoms with Crippen LogP contribution in [0, 0.1) is 5.92 Å². The summed E-state index contributed by atoms with van der Waals surface area (Å²) in [7, 11) is 0. The SMILES string of the molecule is CCC(CC)N1CC(=O)NC(CC(C)C)C1=O. The van der Waals surface area contributed by atoms with Gasteiger partial charge in [0.25, 0.3) is 0 Å². The first-order chi connectivity index (χ1) is 7.99. The molecule has 0 aromatic carbocycles. The molecule has 0 saturated carbocycles. The van der Waals surface area contributed by atoms with Crippen molar-refractivity contribution in [3.63, 3.8) is 0 Å². The molecule has 17 heavy (non-hydrogen) atoms. The van der Waals surface area contributed by atoms with Crippen LogP contribution in [0.15, 0.2) is 0 Å². The van der Waals surface area contributed by atoms with E-state index in [1.54, 1.807) is 4.90 Å². The van der Waals surface area contributed by atoms with Gasteiger partial charge in [0.15, 0.2) is 0 Å². The van der Waals surface area contributed by atoms with Crippen molar-refractivity contribution in [3.05, 3.63) is 0 Å². The average molecular weight is 240 g/mol. The van der Waals surface area contributed by atoms with Crippen LogP contribution < -0.4 is 5.32 Å². The maximum Gasteiger partial charge on any atom is 0.245 e. The number of piperazine rings is 1. The maximum atomic E-state index is 12.3. The highest BCUT2D eigenvalue weighted by atomic mass is 16.2. The van der Waals surface area contributed by atoms with Crippen molar-refractivity contribution in [3.8, 4) is 0 Å². The lowest BCUT2D eigenvalue weighted by molar-refractivity contribution is -0.147. The molecule has 0 aromatic rings. The van der Waals surface area contributed by atoms with Crippen molar-refractivity contribution in [2.75, 3.05) is 6.54 Å². The Morgan fingerprint density at radius 1 is 1.29 bits per heavy atom. The molecule has 0 aliphatic carbocycles. The van der Waals surface area contributed by atoms with E-state index < -0.39 is 0 Å². The zero-order chi connectivity index (χ0) is 13.0. The number of nitrogens with zero attached hydrogens (tertiary/aromatic N) is 1. The molecular formula is C13H24N2O2. The predicted molar refractivity (Wildman–Crippen MR) is 67.5 cm³/mol. The van der Waals surface area contributed by atoms with Crippen molar-refractivity contribution < 1.29 is 9.59 Å². The Hall–Kier alpha value is -1.06. The Balaban J connectivity index is 2.77. The molecule has 1 rings (SSSR count). The van der Waals surface area contributed by atoms with Gasteiger partial charge in [0.1, 0.15) is 6.04 Å². The van der Waals surface area contributed by atoms with Crippen LogP contribution in [0.3, 0.4) is 0 Å². The van der Waals surface area contributed by atoms with E-state index in [9.17, 15) is 9.59 Å². The van der Waals surface area contributed by atoms with Gasteiger partial charge in [-0.2, -0.15) is 0 Å². The van der Waals surface area contributed by atoms with Gasteiger partial charge in [0.2, 0.25) is 11.8 Å². The molecule has 4 nitrogen and oxygen atoms in total. The van der Waals surface area contributed by atoms with Gasteiger partial charge in [-0.25, -0.2) is 0 Å². The second-order valence-electron chi connectivity index (χ2n) is 5.19. The van der Waals surface area contributed by atoms with Crippen LogP contribution in [0.4, 0.5) is 0 Å². The Labute approximate surface area is 104 Å². The first-order valence-electron chi connectivity index (χ1n) is 6.59. The molecule has 98 valence electrons. The lowest BCUT2D eigenvalue weighted by Gasteiger charge is -2.37. The molecule has 1 heterocycles. The molecule has 0 spiro atoms. The third kappa shape index (κ3) is 3.45. The maximum absolute atomic E-state index is 12.3.